The number of rotatable bonds is 3. The highest BCUT2D eigenvalue weighted by Crippen LogP contribution is 2.13. The van der Waals surface area contributed by atoms with Gasteiger partial charge < -0.3 is 0 Å². The molecule has 2 aromatic rings. The van der Waals surface area contributed by atoms with Gasteiger partial charge in [0.25, 0.3) is 0 Å². The predicted octanol–water partition coefficient (Wildman–Crippen LogP) is 3.96. The van der Waals surface area contributed by atoms with Crippen LogP contribution < -0.4 is 5.19 Å². The largest absolute Gasteiger partial charge is 0.207 e. The Morgan fingerprint density at radius 1 is 0.944 bits per heavy atom. The molecule has 0 aromatic heterocycles. The fourth-order valence-electron chi connectivity index (χ4n) is 2.27. The third-order valence-electron chi connectivity index (χ3n) is 3.11. The SMILES string of the molecule is C[Si](C)(C)c1ccccc1Cc1cccc(F)c1. The first-order chi connectivity index (χ1) is 8.47. The van der Waals surface area contributed by atoms with Crippen molar-refractivity contribution in [3.63, 3.8) is 0 Å². The number of hydrogen-bond acceptors (Lipinski definition) is 0. The summed E-state index contributed by atoms with van der Waals surface area (Å²) in [4.78, 5) is 0. The van der Waals surface area contributed by atoms with Crippen LogP contribution in [0, 0.1) is 5.82 Å². The molecule has 0 saturated heterocycles. The first-order valence-electron chi connectivity index (χ1n) is 6.29. The lowest BCUT2D eigenvalue weighted by Gasteiger charge is -2.21. The molecule has 2 aromatic carbocycles. The molecule has 0 aliphatic carbocycles. The Morgan fingerprint density at radius 2 is 1.67 bits per heavy atom. The van der Waals surface area contributed by atoms with Crippen LogP contribution in [0.3, 0.4) is 0 Å². The third kappa shape index (κ3) is 3.08. The van der Waals surface area contributed by atoms with Crippen molar-refractivity contribution in [3.05, 3.63) is 65.5 Å². The van der Waals surface area contributed by atoms with Crippen LogP contribution in [-0.2, 0) is 6.42 Å². The van der Waals surface area contributed by atoms with Crippen molar-refractivity contribution in [2.45, 2.75) is 26.1 Å². The highest BCUT2D eigenvalue weighted by atomic mass is 28.3. The zero-order valence-corrected chi connectivity index (χ0v) is 12.2. The molecule has 0 amide bonds. The summed E-state index contributed by atoms with van der Waals surface area (Å²) in [6.45, 7) is 7.03. The zero-order valence-electron chi connectivity index (χ0n) is 11.2. The summed E-state index contributed by atoms with van der Waals surface area (Å²) in [7, 11) is -1.34. The van der Waals surface area contributed by atoms with Gasteiger partial charge in [0.15, 0.2) is 0 Å². The Bertz CT molecular complexity index is 541. The standard InChI is InChI=1S/C16H19FSi/c1-18(2,3)16-10-5-4-8-14(16)11-13-7-6-9-15(17)12-13/h4-10,12H,11H2,1-3H3. The van der Waals surface area contributed by atoms with E-state index in [4.69, 9.17) is 0 Å². The van der Waals surface area contributed by atoms with Crippen LogP contribution in [0.25, 0.3) is 0 Å². The average Bonchev–Trinajstić information content (AvgIpc) is 2.28. The van der Waals surface area contributed by atoms with E-state index in [0.717, 1.165) is 12.0 Å². The maximum atomic E-state index is 13.2. The minimum absolute atomic E-state index is 0.155. The Morgan fingerprint density at radius 3 is 2.33 bits per heavy atom. The van der Waals surface area contributed by atoms with Gasteiger partial charge in [-0.2, -0.15) is 0 Å². The molecule has 2 heteroatoms. The molecular formula is C16H19FSi. The first-order valence-corrected chi connectivity index (χ1v) is 9.79. The number of hydrogen-bond donors (Lipinski definition) is 0. The van der Waals surface area contributed by atoms with Gasteiger partial charge in [-0.05, 0) is 29.7 Å². The summed E-state index contributed by atoms with van der Waals surface area (Å²) in [6.07, 6.45) is 0.818. The minimum atomic E-state index is -1.34. The van der Waals surface area contributed by atoms with Gasteiger partial charge in [-0.1, -0.05) is 61.2 Å². The van der Waals surface area contributed by atoms with Crippen LogP contribution in [0.2, 0.25) is 19.6 Å². The topological polar surface area (TPSA) is 0 Å². The Labute approximate surface area is 109 Å². The quantitative estimate of drug-likeness (QED) is 0.731. The van der Waals surface area contributed by atoms with E-state index in [1.54, 1.807) is 12.1 Å². The van der Waals surface area contributed by atoms with Crippen LogP contribution in [0.4, 0.5) is 4.39 Å². The second-order valence-electron chi connectivity index (χ2n) is 5.71. The zero-order chi connectivity index (χ0) is 13.2. The second kappa shape index (κ2) is 5.07. The summed E-state index contributed by atoms with van der Waals surface area (Å²) in [5.41, 5.74) is 2.38. The van der Waals surface area contributed by atoms with E-state index in [9.17, 15) is 4.39 Å². The molecule has 0 atom stereocenters. The molecule has 0 heterocycles. The van der Waals surface area contributed by atoms with Crippen LogP contribution in [0.15, 0.2) is 48.5 Å². The molecule has 0 saturated carbocycles. The molecule has 0 fully saturated rings. The minimum Gasteiger partial charge on any atom is -0.207 e. The first kappa shape index (κ1) is 13.0. The molecule has 0 nitrogen and oxygen atoms in total. The highest BCUT2D eigenvalue weighted by molar-refractivity contribution is 6.89. The van der Waals surface area contributed by atoms with Crippen LogP contribution in [0.5, 0.6) is 0 Å². The van der Waals surface area contributed by atoms with E-state index in [0.29, 0.717) is 0 Å². The van der Waals surface area contributed by atoms with Gasteiger partial charge in [0.1, 0.15) is 5.82 Å². The van der Waals surface area contributed by atoms with Crippen molar-refractivity contribution in [2.24, 2.45) is 0 Å². The van der Waals surface area contributed by atoms with Gasteiger partial charge >= 0.3 is 0 Å². The summed E-state index contributed by atoms with van der Waals surface area (Å²) < 4.78 is 13.2. The van der Waals surface area contributed by atoms with Crippen molar-refractivity contribution in [1.82, 2.24) is 0 Å². The Kier molecular flexibility index (Phi) is 3.67. The van der Waals surface area contributed by atoms with Gasteiger partial charge in [0.05, 0.1) is 8.07 Å². The molecule has 0 aliphatic heterocycles. The van der Waals surface area contributed by atoms with Gasteiger partial charge in [-0.25, -0.2) is 4.39 Å². The van der Waals surface area contributed by atoms with Gasteiger partial charge in [-0.3, -0.25) is 0 Å². The van der Waals surface area contributed by atoms with Crippen molar-refractivity contribution < 1.29 is 4.39 Å². The predicted molar refractivity (Wildman–Crippen MR) is 78.6 cm³/mol. The van der Waals surface area contributed by atoms with Gasteiger partial charge in [0, 0.05) is 0 Å². The fourth-order valence-corrected chi connectivity index (χ4v) is 4.00. The second-order valence-corrected chi connectivity index (χ2v) is 10.8. The van der Waals surface area contributed by atoms with Crippen LogP contribution in [-0.4, -0.2) is 8.07 Å². The van der Waals surface area contributed by atoms with E-state index in [1.165, 1.54) is 16.8 Å². The number of halogens is 1. The lowest BCUT2D eigenvalue weighted by Crippen LogP contribution is -2.40. The van der Waals surface area contributed by atoms with Gasteiger partial charge in [0.2, 0.25) is 0 Å². The van der Waals surface area contributed by atoms with Crippen molar-refractivity contribution in [2.75, 3.05) is 0 Å². The maximum absolute atomic E-state index is 13.2. The summed E-state index contributed by atoms with van der Waals surface area (Å²) in [6, 6.07) is 15.4. The third-order valence-corrected chi connectivity index (χ3v) is 5.21. The molecule has 0 aliphatic rings. The smallest absolute Gasteiger partial charge is 0.123 e. The van der Waals surface area contributed by atoms with Crippen LogP contribution in [0.1, 0.15) is 11.1 Å². The lowest BCUT2D eigenvalue weighted by molar-refractivity contribution is 0.626. The molecular weight excluding hydrogens is 239 g/mol. The van der Waals surface area contributed by atoms with Gasteiger partial charge in [-0.15, -0.1) is 0 Å². The fraction of sp³-hybridized carbons (Fsp3) is 0.250. The van der Waals surface area contributed by atoms with Crippen molar-refractivity contribution in [3.8, 4) is 0 Å². The Balaban J connectivity index is 2.35. The monoisotopic (exact) mass is 258 g/mol. The molecule has 0 bridgehead atoms. The summed E-state index contributed by atoms with van der Waals surface area (Å²) in [5.74, 6) is -0.155. The average molecular weight is 258 g/mol. The van der Waals surface area contributed by atoms with Crippen molar-refractivity contribution in [1.29, 1.82) is 0 Å². The summed E-state index contributed by atoms with van der Waals surface area (Å²) >= 11 is 0. The normalized spacial score (nSPS) is 11.6. The lowest BCUT2D eigenvalue weighted by atomic mass is 10.1. The molecule has 2 rings (SSSR count). The molecule has 18 heavy (non-hydrogen) atoms. The molecule has 0 N–H and O–H groups in total. The number of benzene rings is 2. The molecule has 0 unspecified atom stereocenters. The van der Waals surface area contributed by atoms with E-state index < -0.39 is 8.07 Å². The van der Waals surface area contributed by atoms with E-state index >= 15 is 0 Å². The molecule has 0 spiro atoms. The highest BCUT2D eigenvalue weighted by Gasteiger charge is 2.19. The van der Waals surface area contributed by atoms with Crippen LogP contribution >= 0.6 is 0 Å². The van der Waals surface area contributed by atoms with Crippen molar-refractivity contribution >= 4 is 13.3 Å². The maximum Gasteiger partial charge on any atom is 0.123 e. The Hall–Kier alpha value is -1.41. The van der Waals surface area contributed by atoms with E-state index in [-0.39, 0.29) is 5.82 Å². The molecule has 0 radical (unpaired) electrons. The summed E-state index contributed by atoms with van der Waals surface area (Å²) in [5, 5.41) is 1.47. The molecule has 94 valence electrons. The van der Waals surface area contributed by atoms with E-state index in [2.05, 4.69) is 43.9 Å². The van der Waals surface area contributed by atoms with E-state index in [1.807, 2.05) is 6.07 Å².